The van der Waals surface area contributed by atoms with Crippen molar-refractivity contribution in [3.8, 4) is 5.82 Å². The van der Waals surface area contributed by atoms with E-state index in [9.17, 15) is 4.79 Å². The summed E-state index contributed by atoms with van der Waals surface area (Å²) in [5.41, 5.74) is 0.465. The van der Waals surface area contributed by atoms with Crippen LogP contribution in [-0.2, 0) is 0 Å². The molecule has 0 aliphatic carbocycles. The summed E-state index contributed by atoms with van der Waals surface area (Å²) in [4.78, 5) is 18.8. The van der Waals surface area contributed by atoms with Crippen LogP contribution in [0.2, 0.25) is 0 Å². The van der Waals surface area contributed by atoms with Gasteiger partial charge in [0.15, 0.2) is 5.82 Å². The molecule has 0 saturated carbocycles. The summed E-state index contributed by atoms with van der Waals surface area (Å²) in [6, 6.07) is 7.44. The van der Waals surface area contributed by atoms with Crippen LogP contribution < -0.4 is 5.32 Å². The van der Waals surface area contributed by atoms with E-state index in [1.807, 2.05) is 36.2 Å². The van der Waals surface area contributed by atoms with Gasteiger partial charge in [0.1, 0.15) is 5.69 Å². The lowest BCUT2D eigenvalue weighted by Gasteiger charge is -2.33. The minimum Gasteiger partial charge on any atom is -0.332 e. The number of hydrogen-bond acceptors (Lipinski definition) is 4. The average Bonchev–Trinajstić information content (AvgIpc) is 3.01. The number of amides is 1. The molecule has 3 heterocycles. The fourth-order valence-corrected chi connectivity index (χ4v) is 2.36. The molecule has 1 N–H and O–H groups in total. The molecule has 1 aliphatic heterocycles. The minimum absolute atomic E-state index is 0.0204. The van der Waals surface area contributed by atoms with Crippen molar-refractivity contribution in [1.82, 2.24) is 25.0 Å². The lowest BCUT2D eigenvalue weighted by atomic mass is 10.2. The van der Waals surface area contributed by atoms with E-state index in [1.54, 1.807) is 16.9 Å². The van der Waals surface area contributed by atoms with Gasteiger partial charge < -0.3 is 10.2 Å². The molecule has 1 aliphatic rings. The third-order valence-corrected chi connectivity index (χ3v) is 3.45. The number of pyridine rings is 1. The van der Waals surface area contributed by atoms with Crippen molar-refractivity contribution in [2.24, 2.45) is 0 Å². The Hall–Kier alpha value is -2.21. The topological polar surface area (TPSA) is 63.1 Å². The first-order valence-electron chi connectivity index (χ1n) is 6.74. The van der Waals surface area contributed by atoms with Crippen LogP contribution in [0.4, 0.5) is 0 Å². The van der Waals surface area contributed by atoms with Crippen LogP contribution in [0.15, 0.2) is 36.7 Å². The van der Waals surface area contributed by atoms with Crippen LogP contribution >= 0.6 is 0 Å². The second kappa shape index (κ2) is 5.42. The van der Waals surface area contributed by atoms with Gasteiger partial charge in [-0.05, 0) is 25.1 Å². The van der Waals surface area contributed by atoms with E-state index in [0.29, 0.717) is 18.1 Å². The lowest BCUT2D eigenvalue weighted by molar-refractivity contribution is 0.0649. The number of carbonyl (C=O) groups is 1. The normalized spacial score (nSPS) is 19.1. The zero-order valence-electron chi connectivity index (χ0n) is 11.4. The van der Waals surface area contributed by atoms with E-state index in [0.717, 1.165) is 13.1 Å². The van der Waals surface area contributed by atoms with E-state index in [-0.39, 0.29) is 11.9 Å². The average molecular weight is 271 g/mol. The maximum atomic E-state index is 12.5. The van der Waals surface area contributed by atoms with Gasteiger partial charge in [0.25, 0.3) is 5.91 Å². The molecule has 0 bridgehead atoms. The molecule has 3 rings (SSSR count). The summed E-state index contributed by atoms with van der Waals surface area (Å²) in [6.07, 6.45) is 3.50. The predicted molar refractivity (Wildman–Crippen MR) is 74.7 cm³/mol. The molecule has 2 aromatic rings. The number of nitrogens with one attached hydrogen (secondary N) is 1. The van der Waals surface area contributed by atoms with E-state index in [1.165, 1.54) is 0 Å². The van der Waals surface area contributed by atoms with Gasteiger partial charge in [0, 0.05) is 38.1 Å². The molecule has 104 valence electrons. The predicted octanol–water partition coefficient (Wildman–Crippen LogP) is 0.701. The quantitative estimate of drug-likeness (QED) is 0.873. The molecule has 6 nitrogen and oxygen atoms in total. The van der Waals surface area contributed by atoms with Gasteiger partial charge in [-0.1, -0.05) is 6.07 Å². The zero-order valence-corrected chi connectivity index (χ0v) is 11.4. The van der Waals surface area contributed by atoms with Gasteiger partial charge in [-0.25, -0.2) is 9.67 Å². The first-order valence-corrected chi connectivity index (χ1v) is 6.74. The second-order valence-electron chi connectivity index (χ2n) is 4.88. The molecule has 1 saturated heterocycles. The summed E-state index contributed by atoms with van der Waals surface area (Å²) < 4.78 is 1.65. The molecule has 0 spiro atoms. The van der Waals surface area contributed by atoms with Gasteiger partial charge in [-0.2, -0.15) is 5.10 Å². The maximum absolute atomic E-state index is 12.5. The Morgan fingerprint density at radius 2 is 2.30 bits per heavy atom. The highest BCUT2D eigenvalue weighted by molar-refractivity contribution is 5.92. The number of hydrogen-bond donors (Lipinski definition) is 1. The third-order valence-electron chi connectivity index (χ3n) is 3.45. The van der Waals surface area contributed by atoms with Crippen LogP contribution in [0.1, 0.15) is 17.4 Å². The van der Waals surface area contributed by atoms with E-state index < -0.39 is 0 Å². The highest BCUT2D eigenvalue weighted by Gasteiger charge is 2.25. The number of aromatic nitrogens is 3. The minimum atomic E-state index is -0.0204. The van der Waals surface area contributed by atoms with Crippen molar-refractivity contribution >= 4 is 5.91 Å². The van der Waals surface area contributed by atoms with Crippen molar-refractivity contribution in [1.29, 1.82) is 0 Å². The fraction of sp³-hybridized carbons (Fsp3) is 0.357. The van der Waals surface area contributed by atoms with Crippen molar-refractivity contribution in [2.45, 2.75) is 13.0 Å². The van der Waals surface area contributed by atoms with Crippen molar-refractivity contribution < 1.29 is 4.79 Å². The SMILES string of the molecule is C[C@H]1CNCCN1C(=O)c1cccc(-n2cccn2)n1. The second-order valence-corrected chi connectivity index (χ2v) is 4.88. The summed E-state index contributed by atoms with van der Waals surface area (Å²) in [5.74, 6) is 0.636. The molecule has 0 radical (unpaired) electrons. The summed E-state index contributed by atoms with van der Waals surface area (Å²) >= 11 is 0. The number of nitrogens with zero attached hydrogens (tertiary/aromatic N) is 4. The van der Waals surface area contributed by atoms with Crippen molar-refractivity contribution in [3.63, 3.8) is 0 Å². The Bertz CT molecular complexity index is 595. The number of rotatable bonds is 2. The van der Waals surface area contributed by atoms with E-state index >= 15 is 0 Å². The molecule has 6 heteroatoms. The molecule has 0 unspecified atom stereocenters. The molecule has 2 aromatic heterocycles. The van der Waals surface area contributed by atoms with Gasteiger partial charge in [-0.3, -0.25) is 4.79 Å². The summed E-state index contributed by atoms with van der Waals surface area (Å²) in [5, 5.41) is 7.41. The summed E-state index contributed by atoms with van der Waals surface area (Å²) in [6.45, 7) is 4.41. The van der Waals surface area contributed by atoms with Gasteiger partial charge >= 0.3 is 0 Å². The summed E-state index contributed by atoms with van der Waals surface area (Å²) in [7, 11) is 0. The number of carbonyl (C=O) groups excluding carboxylic acids is 1. The number of piperazine rings is 1. The zero-order chi connectivity index (χ0) is 13.9. The third kappa shape index (κ3) is 2.42. The molecule has 1 amide bonds. The standard InChI is InChI=1S/C14H17N5O/c1-11-10-15-7-9-18(11)14(20)12-4-2-5-13(17-12)19-8-3-6-16-19/h2-6,8,11,15H,7,9-10H2,1H3/t11-/m0/s1. The van der Waals surface area contributed by atoms with Crippen LogP contribution in [0.3, 0.4) is 0 Å². The van der Waals surface area contributed by atoms with Crippen LogP contribution in [-0.4, -0.2) is 51.2 Å². The highest BCUT2D eigenvalue weighted by atomic mass is 16.2. The largest absolute Gasteiger partial charge is 0.332 e. The van der Waals surface area contributed by atoms with Crippen molar-refractivity contribution in [2.75, 3.05) is 19.6 Å². The fourth-order valence-electron chi connectivity index (χ4n) is 2.36. The lowest BCUT2D eigenvalue weighted by Crippen LogP contribution is -2.52. The Labute approximate surface area is 117 Å². The van der Waals surface area contributed by atoms with Gasteiger partial charge in [0.2, 0.25) is 0 Å². The van der Waals surface area contributed by atoms with E-state index in [2.05, 4.69) is 15.4 Å². The Morgan fingerprint density at radius 3 is 3.05 bits per heavy atom. The molecular formula is C14H17N5O. The van der Waals surface area contributed by atoms with Crippen LogP contribution in [0, 0.1) is 0 Å². The molecule has 0 aromatic carbocycles. The first kappa shape index (κ1) is 12.8. The smallest absolute Gasteiger partial charge is 0.272 e. The molecule has 20 heavy (non-hydrogen) atoms. The van der Waals surface area contributed by atoms with Crippen LogP contribution in [0.25, 0.3) is 5.82 Å². The van der Waals surface area contributed by atoms with Crippen LogP contribution in [0.5, 0.6) is 0 Å². The Kier molecular flexibility index (Phi) is 3.47. The van der Waals surface area contributed by atoms with Crippen molar-refractivity contribution in [3.05, 3.63) is 42.4 Å². The van der Waals surface area contributed by atoms with E-state index in [4.69, 9.17) is 0 Å². The monoisotopic (exact) mass is 271 g/mol. The van der Waals surface area contributed by atoms with Gasteiger partial charge in [-0.15, -0.1) is 0 Å². The van der Waals surface area contributed by atoms with Gasteiger partial charge in [0.05, 0.1) is 0 Å². The Morgan fingerprint density at radius 1 is 1.40 bits per heavy atom. The maximum Gasteiger partial charge on any atom is 0.272 e. The molecule has 1 fully saturated rings. The molecule has 1 atom stereocenters. The highest BCUT2D eigenvalue weighted by Crippen LogP contribution is 2.11. The Balaban J connectivity index is 1.86. The first-order chi connectivity index (χ1) is 9.75. The molecular weight excluding hydrogens is 254 g/mol.